The zero-order chi connectivity index (χ0) is 23.5. The first-order valence-corrected chi connectivity index (χ1v) is 10.2. The highest BCUT2D eigenvalue weighted by Crippen LogP contribution is 2.43. The van der Waals surface area contributed by atoms with Crippen LogP contribution in [0.2, 0.25) is 0 Å². The maximum atomic E-state index is 12.6. The number of hydrogen-bond acceptors (Lipinski definition) is 8. The molecule has 2 heterocycles. The Kier molecular flexibility index (Phi) is 6.07. The van der Waals surface area contributed by atoms with E-state index in [1.165, 1.54) is 21.3 Å². The molecular formula is C23H24N4O6. The van der Waals surface area contributed by atoms with Gasteiger partial charge >= 0.3 is 5.69 Å². The molecule has 3 N–H and O–H groups in total. The molecule has 0 fully saturated rings. The normalized spacial score (nSPS) is 15.0. The van der Waals surface area contributed by atoms with Crippen molar-refractivity contribution in [3.63, 3.8) is 0 Å². The number of ether oxygens (including phenoxy) is 3. The van der Waals surface area contributed by atoms with Crippen LogP contribution < -0.4 is 30.9 Å². The molecule has 0 saturated carbocycles. The van der Waals surface area contributed by atoms with Crippen molar-refractivity contribution in [2.24, 2.45) is 5.10 Å². The summed E-state index contributed by atoms with van der Waals surface area (Å²) in [5.74, 6) is 0.982. The van der Waals surface area contributed by atoms with Crippen LogP contribution in [0.15, 0.2) is 57.2 Å². The number of H-pyrrole nitrogens is 1. The number of nitrogens with one attached hydrogen (secondary N) is 2. The number of hydrogen-bond donors (Lipinski definition) is 3. The molecule has 1 atom stereocenters. The van der Waals surface area contributed by atoms with Gasteiger partial charge in [-0.15, -0.1) is 0 Å². The third-order valence-corrected chi connectivity index (χ3v) is 5.51. The van der Waals surface area contributed by atoms with Crippen LogP contribution in [-0.4, -0.2) is 41.7 Å². The lowest BCUT2D eigenvalue weighted by Gasteiger charge is -2.19. The van der Waals surface area contributed by atoms with Crippen molar-refractivity contribution in [2.75, 3.05) is 21.3 Å². The maximum absolute atomic E-state index is 12.6. The summed E-state index contributed by atoms with van der Waals surface area (Å²) < 4.78 is 17.4. The summed E-state index contributed by atoms with van der Waals surface area (Å²) in [6.45, 7) is 0.100. The zero-order valence-corrected chi connectivity index (χ0v) is 18.4. The lowest BCUT2D eigenvalue weighted by Crippen LogP contribution is -2.34. The monoisotopic (exact) mass is 452 g/mol. The molecule has 2 aromatic carbocycles. The number of aromatic hydroxyl groups is 1. The molecule has 0 aliphatic carbocycles. The first-order valence-electron chi connectivity index (χ1n) is 10.2. The molecule has 172 valence electrons. The van der Waals surface area contributed by atoms with Crippen molar-refractivity contribution in [1.29, 1.82) is 0 Å². The van der Waals surface area contributed by atoms with Gasteiger partial charge in [0, 0.05) is 12.0 Å². The van der Waals surface area contributed by atoms with Gasteiger partial charge in [-0.2, -0.15) is 5.10 Å². The third kappa shape index (κ3) is 4.02. The molecular weight excluding hydrogens is 428 g/mol. The molecule has 0 amide bonds. The van der Waals surface area contributed by atoms with Crippen molar-refractivity contribution in [3.8, 4) is 23.1 Å². The van der Waals surface area contributed by atoms with Gasteiger partial charge in [0.05, 0.1) is 39.6 Å². The van der Waals surface area contributed by atoms with Gasteiger partial charge < -0.3 is 24.7 Å². The van der Waals surface area contributed by atoms with Gasteiger partial charge in [0.25, 0.3) is 5.56 Å². The molecule has 0 saturated heterocycles. The van der Waals surface area contributed by atoms with Gasteiger partial charge in [0.15, 0.2) is 11.5 Å². The fourth-order valence-electron chi connectivity index (χ4n) is 3.91. The van der Waals surface area contributed by atoms with Crippen molar-refractivity contribution in [2.45, 2.75) is 19.0 Å². The highest BCUT2D eigenvalue weighted by molar-refractivity contribution is 6.03. The van der Waals surface area contributed by atoms with E-state index in [2.05, 4.69) is 15.5 Å². The quantitative estimate of drug-likeness (QED) is 0.498. The number of aromatic nitrogens is 2. The van der Waals surface area contributed by atoms with E-state index in [1.807, 2.05) is 36.4 Å². The van der Waals surface area contributed by atoms with Crippen LogP contribution in [0.25, 0.3) is 0 Å². The number of aromatic amines is 1. The summed E-state index contributed by atoms with van der Waals surface area (Å²) >= 11 is 0. The Morgan fingerprint density at radius 2 is 1.76 bits per heavy atom. The van der Waals surface area contributed by atoms with Crippen molar-refractivity contribution >= 4 is 5.71 Å². The molecule has 10 heteroatoms. The SMILES string of the molecule is COc1ccc(C2CC(c3c(O)n(Cc4ccccc4)c(=O)[nH]c3=O)=NN2)c(OC)c1OC. The molecule has 3 aromatic rings. The minimum atomic E-state index is -0.706. The van der Waals surface area contributed by atoms with E-state index in [0.717, 1.165) is 15.7 Å². The number of nitrogens with zero attached hydrogens (tertiary/aromatic N) is 2. The summed E-state index contributed by atoms with van der Waals surface area (Å²) in [7, 11) is 4.57. The maximum Gasteiger partial charge on any atom is 0.331 e. The predicted octanol–water partition coefficient (Wildman–Crippen LogP) is 1.75. The fraction of sp³-hybridized carbons (Fsp3) is 0.261. The van der Waals surface area contributed by atoms with Crippen LogP contribution in [-0.2, 0) is 6.54 Å². The Morgan fingerprint density at radius 3 is 2.42 bits per heavy atom. The molecule has 1 aromatic heterocycles. The number of benzene rings is 2. The first-order chi connectivity index (χ1) is 16.0. The van der Waals surface area contributed by atoms with Crippen LogP contribution in [0.5, 0.6) is 23.1 Å². The third-order valence-electron chi connectivity index (χ3n) is 5.51. The van der Waals surface area contributed by atoms with Crippen molar-refractivity contribution in [1.82, 2.24) is 15.0 Å². The van der Waals surface area contributed by atoms with E-state index < -0.39 is 17.1 Å². The van der Waals surface area contributed by atoms with Crippen LogP contribution >= 0.6 is 0 Å². The van der Waals surface area contributed by atoms with E-state index in [4.69, 9.17) is 14.2 Å². The van der Waals surface area contributed by atoms with Gasteiger partial charge in [-0.05, 0) is 17.7 Å². The molecule has 4 rings (SSSR count). The Labute approximate surface area is 189 Å². The molecule has 0 radical (unpaired) electrons. The van der Waals surface area contributed by atoms with Gasteiger partial charge in [-0.1, -0.05) is 30.3 Å². The summed E-state index contributed by atoms with van der Waals surface area (Å²) in [4.78, 5) is 27.3. The second-order valence-corrected chi connectivity index (χ2v) is 7.40. The lowest BCUT2D eigenvalue weighted by atomic mass is 9.98. The minimum Gasteiger partial charge on any atom is -0.494 e. The molecule has 1 aliphatic rings. The molecule has 1 aliphatic heterocycles. The largest absolute Gasteiger partial charge is 0.494 e. The molecule has 33 heavy (non-hydrogen) atoms. The second kappa shape index (κ2) is 9.11. The predicted molar refractivity (Wildman–Crippen MR) is 122 cm³/mol. The van der Waals surface area contributed by atoms with Gasteiger partial charge in [0.1, 0.15) is 5.56 Å². The average Bonchev–Trinajstić information content (AvgIpc) is 3.30. The van der Waals surface area contributed by atoms with Gasteiger partial charge in [0.2, 0.25) is 11.6 Å². The van der Waals surface area contributed by atoms with E-state index in [-0.39, 0.29) is 24.6 Å². The summed E-state index contributed by atoms with van der Waals surface area (Å²) in [5.41, 5.74) is 3.38. The lowest BCUT2D eigenvalue weighted by molar-refractivity contribution is 0.320. The van der Waals surface area contributed by atoms with E-state index in [0.29, 0.717) is 23.0 Å². The Balaban J connectivity index is 1.68. The molecule has 10 nitrogen and oxygen atoms in total. The van der Waals surface area contributed by atoms with E-state index >= 15 is 0 Å². The Hall–Kier alpha value is -4.21. The Morgan fingerprint density at radius 1 is 1.03 bits per heavy atom. The van der Waals surface area contributed by atoms with Crippen LogP contribution in [0.4, 0.5) is 0 Å². The smallest absolute Gasteiger partial charge is 0.331 e. The van der Waals surface area contributed by atoms with Gasteiger partial charge in [-0.3, -0.25) is 14.3 Å². The fourth-order valence-corrected chi connectivity index (χ4v) is 3.91. The van der Waals surface area contributed by atoms with Crippen LogP contribution in [0, 0.1) is 0 Å². The molecule has 1 unspecified atom stereocenters. The second-order valence-electron chi connectivity index (χ2n) is 7.40. The summed E-state index contributed by atoms with van der Waals surface area (Å²) in [5, 5.41) is 15.1. The molecule has 0 bridgehead atoms. The van der Waals surface area contributed by atoms with E-state index in [1.54, 1.807) is 6.07 Å². The van der Waals surface area contributed by atoms with Crippen LogP contribution in [0.3, 0.4) is 0 Å². The standard InChI is InChI=1S/C23H24N4O6/c1-31-17-10-9-14(19(32-2)20(17)33-3)15-11-16(26-25-15)18-21(28)24-23(30)27(22(18)29)12-13-7-5-4-6-8-13/h4-10,15,25,29H,11-12H2,1-3H3,(H,24,28,30). The minimum absolute atomic E-state index is 0.0556. The summed E-state index contributed by atoms with van der Waals surface area (Å²) in [6.07, 6.45) is 0.270. The summed E-state index contributed by atoms with van der Waals surface area (Å²) in [6, 6.07) is 12.4. The van der Waals surface area contributed by atoms with E-state index in [9.17, 15) is 14.7 Å². The molecule has 0 spiro atoms. The van der Waals surface area contributed by atoms with Crippen molar-refractivity contribution < 1.29 is 19.3 Å². The number of methoxy groups -OCH3 is 3. The number of rotatable bonds is 7. The first kappa shape index (κ1) is 22.0. The van der Waals surface area contributed by atoms with Crippen LogP contribution in [0.1, 0.15) is 29.2 Å². The van der Waals surface area contributed by atoms with Crippen molar-refractivity contribution in [3.05, 3.63) is 80.0 Å². The van der Waals surface area contributed by atoms with Gasteiger partial charge in [-0.25, -0.2) is 4.79 Å². The highest BCUT2D eigenvalue weighted by Gasteiger charge is 2.30. The number of hydrazone groups is 1. The zero-order valence-electron chi connectivity index (χ0n) is 18.4. The topological polar surface area (TPSA) is 127 Å². The highest BCUT2D eigenvalue weighted by atomic mass is 16.5. The Bertz CT molecular complexity index is 1310. The average molecular weight is 452 g/mol.